The monoisotopic (exact) mass is 309 g/mol. The van der Waals surface area contributed by atoms with Gasteiger partial charge in [0.1, 0.15) is 0 Å². The van der Waals surface area contributed by atoms with E-state index in [0.29, 0.717) is 30.0 Å². The maximum Gasteiger partial charge on any atom is 0.254 e. The van der Waals surface area contributed by atoms with E-state index >= 15 is 0 Å². The highest BCUT2D eigenvalue weighted by Gasteiger charge is 2.22. The van der Waals surface area contributed by atoms with Crippen molar-refractivity contribution >= 4 is 23.2 Å². The normalized spacial score (nSPS) is 13.3. The Bertz CT molecular complexity index is 771. The van der Waals surface area contributed by atoms with Gasteiger partial charge in [-0.1, -0.05) is 12.1 Å². The number of rotatable bonds is 2. The first-order valence-corrected chi connectivity index (χ1v) is 7.57. The molecular formula is C18H19N3O2. The second-order valence-corrected chi connectivity index (χ2v) is 5.77. The molecule has 0 bridgehead atoms. The van der Waals surface area contributed by atoms with Crippen LogP contribution in [0.15, 0.2) is 42.5 Å². The average Bonchev–Trinajstić information content (AvgIpc) is 2.53. The van der Waals surface area contributed by atoms with Gasteiger partial charge in [0, 0.05) is 37.0 Å². The van der Waals surface area contributed by atoms with Crippen molar-refractivity contribution in [2.24, 2.45) is 0 Å². The Morgan fingerprint density at radius 3 is 2.74 bits per heavy atom. The number of hydrogen-bond donors (Lipinski definition) is 2. The molecule has 0 radical (unpaired) electrons. The van der Waals surface area contributed by atoms with Gasteiger partial charge in [0.25, 0.3) is 5.91 Å². The second-order valence-electron chi connectivity index (χ2n) is 5.77. The Morgan fingerprint density at radius 2 is 1.96 bits per heavy atom. The van der Waals surface area contributed by atoms with Gasteiger partial charge < -0.3 is 16.0 Å². The molecule has 2 aromatic carbocycles. The quantitative estimate of drug-likeness (QED) is 0.837. The Labute approximate surface area is 135 Å². The van der Waals surface area contributed by atoms with Crippen molar-refractivity contribution in [3.63, 3.8) is 0 Å². The number of carbonyl (C=O) groups is 2. The van der Waals surface area contributed by atoms with Gasteiger partial charge in [0.15, 0.2) is 0 Å². The number of nitrogens with one attached hydrogen (secondary N) is 1. The summed E-state index contributed by atoms with van der Waals surface area (Å²) in [5.41, 5.74) is 10.1. The zero-order chi connectivity index (χ0) is 16.4. The van der Waals surface area contributed by atoms with E-state index in [9.17, 15) is 9.59 Å². The fraction of sp³-hybridized carbons (Fsp3) is 0.222. The first-order chi connectivity index (χ1) is 11.0. The molecular weight excluding hydrogens is 290 g/mol. The van der Waals surface area contributed by atoms with E-state index in [2.05, 4.69) is 5.32 Å². The van der Waals surface area contributed by atoms with Gasteiger partial charge in [-0.05, 0) is 47.9 Å². The SMILES string of the molecule is CC(=O)Nc1cccc(C(=O)N2CCc3ccc(N)cc3C2)c1. The summed E-state index contributed by atoms with van der Waals surface area (Å²) in [6.45, 7) is 2.68. The Kier molecular flexibility index (Phi) is 4.02. The maximum absolute atomic E-state index is 12.7. The van der Waals surface area contributed by atoms with Crippen LogP contribution in [0.25, 0.3) is 0 Å². The van der Waals surface area contributed by atoms with Crippen LogP contribution in [0.2, 0.25) is 0 Å². The fourth-order valence-electron chi connectivity index (χ4n) is 2.87. The van der Waals surface area contributed by atoms with E-state index in [1.54, 1.807) is 24.3 Å². The first kappa shape index (κ1) is 15.1. The molecule has 5 nitrogen and oxygen atoms in total. The first-order valence-electron chi connectivity index (χ1n) is 7.57. The van der Waals surface area contributed by atoms with Crippen LogP contribution in [0.5, 0.6) is 0 Å². The summed E-state index contributed by atoms with van der Waals surface area (Å²) in [7, 11) is 0. The minimum Gasteiger partial charge on any atom is -0.399 e. The lowest BCUT2D eigenvalue weighted by Gasteiger charge is -2.29. The standard InChI is InChI=1S/C18H19N3O2/c1-12(22)20-17-4-2-3-14(10-17)18(23)21-8-7-13-5-6-16(19)9-15(13)11-21/h2-6,9-10H,7-8,11,19H2,1H3,(H,20,22). The van der Waals surface area contributed by atoms with E-state index in [4.69, 9.17) is 5.73 Å². The van der Waals surface area contributed by atoms with Gasteiger partial charge >= 0.3 is 0 Å². The van der Waals surface area contributed by atoms with Crippen molar-refractivity contribution in [3.05, 3.63) is 59.2 Å². The Hall–Kier alpha value is -2.82. The van der Waals surface area contributed by atoms with Crippen LogP contribution in [0, 0.1) is 0 Å². The number of benzene rings is 2. The highest BCUT2D eigenvalue weighted by Crippen LogP contribution is 2.23. The van der Waals surface area contributed by atoms with Crippen LogP contribution in [0.4, 0.5) is 11.4 Å². The predicted molar refractivity (Wildman–Crippen MR) is 90.0 cm³/mol. The van der Waals surface area contributed by atoms with E-state index in [0.717, 1.165) is 12.0 Å². The van der Waals surface area contributed by atoms with Crippen LogP contribution < -0.4 is 11.1 Å². The maximum atomic E-state index is 12.7. The molecule has 1 aliphatic heterocycles. The molecule has 23 heavy (non-hydrogen) atoms. The van der Waals surface area contributed by atoms with E-state index in [-0.39, 0.29) is 11.8 Å². The predicted octanol–water partition coefficient (Wildman–Crippen LogP) is 2.43. The Morgan fingerprint density at radius 1 is 1.13 bits per heavy atom. The molecule has 5 heteroatoms. The lowest BCUT2D eigenvalue weighted by atomic mass is 9.98. The van der Waals surface area contributed by atoms with Gasteiger partial charge in [-0.15, -0.1) is 0 Å². The average molecular weight is 309 g/mol. The molecule has 2 amide bonds. The van der Waals surface area contributed by atoms with Crippen molar-refractivity contribution in [2.45, 2.75) is 19.9 Å². The summed E-state index contributed by atoms with van der Waals surface area (Å²) in [4.78, 5) is 25.7. The summed E-state index contributed by atoms with van der Waals surface area (Å²) in [5.74, 6) is -0.192. The molecule has 0 aromatic heterocycles. The minimum atomic E-state index is -0.156. The summed E-state index contributed by atoms with van der Waals surface area (Å²) in [6.07, 6.45) is 0.826. The number of fused-ring (bicyclic) bond motifs is 1. The number of nitrogens with zero attached hydrogens (tertiary/aromatic N) is 1. The lowest BCUT2D eigenvalue weighted by Crippen LogP contribution is -2.36. The molecule has 0 saturated carbocycles. The number of carbonyl (C=O) groups excluding carboxylic acids is 2. The minimum absolute atomic E-state index is 0.0368. The third kappa shape index (κ3) is 3.34. The molecule has 2 aromatic rings. The summed E-state index contributed by atoms with van der Waals surface area (Å²) in [6, 6.07) is 12.9. The van der Waals surface area contributed by atoms with Gasteiger partial charge in [-0.25, -0.2) is 0 Å². The van der Waals surface area contributed by atoms with Crippen LogP contribution in [-0.4, -0.2) is 23.3 Å². The topological polar surface area (TPSA) is 75.4 Å². The molecule has 0 aliphatic carbocycles. The summed E-state index contributed by atoms with van der Waals surface area (Å²) in [5, 5.41) is 2.70. The number of hydrogen-bond acceptors (Lipinski definition) is 3. The van der Waals surface area contributed by atoms with Crippen molar-refractivity contribution in [1.29, 1.82) is 0 Å². The van der Waals surface area contributed by atoms with Crippen LogP contribution >= 0.6 is 0 Å². The van der Waals surface area contributed by atoms with Crippen molar-refractivity contribution < 1.29 is 9.59 Å². The molecule has 0 spiro atoms. The summed E-state index contributed by atoms with van der Waals surface area (Å²) >= 11 is 0. The zero-order valence-corrected chi connectivity index (χ0v) is 13.0. The molecule has 118 valence electrons. The molecule has 1 aliphatic rings. The van der Waals surface area contributed by atoms with Crippen molar-refractivity contribution in [2.75, 3.05) is 17.6 Å². The molecule has 0 saturated heterocycles. The zero-order valence-electron chi connectivity index (χ0n) is 13.0. The second kappa shape index (κ2) is 6.12. The third-order valence-electron chi connectivity index (χ3n) is 3.96. The highest BCUT2D eigenvalue weighted by atomic mass is 16.2. The van der Waals surface area contributed by atoms with E-state index < -0.39 is 0 Å². The molecule has 0 unspecified atom stereocenters. The van der Waals surface area contributed by atoms with Crippen LogP contribution in [-0.2, 0) is 17.8 Å². The highest BCUT2D eigenvalue weighted by molar-refractivity contribution is 5.97. The van der Waals surface area contributed by atoms with Crippen molar-refractivity contribution in [1.82, 2.24) is 4.90 Å². The number of nitrogens with two attached hydrogens (primary N) is 1. The Balaban J connectivity index is 1.80. The number of nitrogen functional groups attached to an aromatic ring is 1. The smallest absolute Gasteiger partial charge is 0.254 e. The number of anilines is 2. The van der Waals surface area contributed by atoms with E-state index in [1.807, 2.05) is 23.1 Å². The van der Waals surface area contributed by atoms with E-state index in [1.165, 1.54) is 12.5 Å². The third-order valence-corrected chi connectivity index (χ3v) is 3.96. The summed E-state index contributed by atoms with van der Waals surface area (Å²) < 4.78 is 0. The van der Waals surface area contributed by atoms with Gasteiger partial charge in [-0.3, -0.25) is 9.59 Å². The number of amides is 2. The fourth-order valence-corrected chi connectivity index (χ4v) is 2.87. The molecule has 1 heterocycles. The molecule has 3 rings (SSSR count). The van der Waals surface area contributed by atoms with Gasteiger partial charge in [-0.2, -0.15) is 0 Å². The molecule has 0 atom stereocenters. The van der Waals surface area contributed by atoms with Gasteiger partial charge in [0.2, 0.25) is 5.91 Å². The van der Waals surface area contributed by atoms with Crippen LogP contribution in [0.1, 0.15) is 28.4 Å². The van der Waals surface area contributed by atoms with Crippen LogP contribution in [0.3, 0.4) is 0 Å². The lowest BCUT2D eigenvalue weighted by molar-refractivity contribution is -0.114. The van der Waals surface area contributed by atoms with Gasteiger partial charge in [0.05, 0.1) is 0 Å². The molecule has 3 N–H and O–H groups in total. The largest absolute Gasteiger partial charge is 0.399 e. The van der Waals surface area contributed by atoms with Crippen molar-refractivity contribution in [3.8, 4) is 0 Å². The molecule has 0 fully saturated rings.